The van der Waals surface area contributed by atoms with Crippen molar-refractivity contribution in [2.45, 2.75) is 78.2 Å². The SMILES string of the molecule is CC(C)(C)OC(=O)N1CCC2C1CCN2C(=O)OCc1ccccc1.CCC. The van der Waals surface area contributed by atoms with Crippen LogP contribution in [0.3, 0.4) is 0 Å². The van der Waals surface area contributed by atoms with Gasteiger partial charge in [-0.15, -0.1) is 0 Å². The molecule has 1 aromatic rings. The number of hydrogen-bond acceptors (Lipinski definition) is 4. The molecule has 0 aromatic heterocycles. The zero-order valence-corrected chi connectivity index (χ0v) is 17.8. The lowest BCUT2D eigenvalue weighted by Crippen LogP contribution is -2.43. The molecule has 2 aliphatic heterocycles. The fraction of sp³-hybridized carbons (Fsp3) is 0.636. The van der Waals surface area contributed by atoms with Gasteiger partial charge in [-0.05, 0) is 39.2 Å². The number of benzene rings is 1. The molecule has 0 spiro atoms. The number of nitrogens with zero attached hydrogens (tertiary/aromatic N) is 2. The van der Waals surface area contributed by atoms with Gasteiger partial charge in [0.1, 0.15) is 12.2 Å². The van der Waals surface area contributed by atoms with Crippen LogP contribution in [0.2, 0.25) is 0 Å². The van der Waals surface area contributed by atoms with Gasteiger partial charge in [-0.25, -0.2) is 9.59 Å². The molecule has 0 radical (unpaired) electrons. The first-order valence-corrected chi connectivity index (χ1v) is 10.2. The number of hydrogen-bond donors (Lipinski definition) is 0. The Kier molecular flexibility index (Phi) is 7.72. The van der Waals surface area contributed by atoms with E-state index in [4.69, 9.17) is 9.47 Å². The average Bonchev–Trinajstić information content (AvgIpc) is 3.21. The summed E-state index contributed by atoms with van der Waals surface area (Å²) in [6.07, 6.45) is 2.19. The maximum absolute atomic E-state index is 12.4. The van der Waals surface area contributed by atoms with Crippen molar-refractivity contribution in [3.05, 3.63) is 35.9 Å². The zero-order chi connectivity index (χ0) is 20.7. The van der Waals surface area contributed by atoms with E-state index in [0.717, 1.165) is 18.4 Å². The largest absolute Gasteiger partial charge is 0.445 e. The van der Waals surface area contributed by atoms with Crippen LogP contribution < -0.4 is 0 Å². The molecule has 2 unspecified atom stereocenters. The number of rotatable bonds is 2. The standard InChI is InChI=1S/C19H26N2O4.C3H8/c1-19(2,3)25-18(23)21-12-10-15-16(21)9-11-20(15)17(22)24-13-14-7-5-4-6-8-14;1-3-2/h4-8,15-16H,9-13H2,1-3H3;3H2,1-2H3. The van der Waals surface area contributed by atoms with Gasteiger partial charge in [-0.2, -0.15) is 0 Å². The van der Waals surface area contributed by atoms with E-state index in [1.54, 1.807) is 9.80 Å². The van der Waals surface area contributed by atoms with Gasteiger partial charge in [-0.1, -0.05) is 50.6 Å². The number of amides is 2. The predicted octanol–water partition coefficient (Wildman–Crippen LogP) is 4.82. The van der Waals surface area contributed by atoms with Gasteiger partial charge in [-0.3, -0.25) is 0 Å². The van der Waals surface area contributed by atoms with Gasteiger partial charge in [0.05, 0.1) is 12.1 Å². The lowest BCUT2D eigenvalue weighted by molar-refractivity contribution is 0.0220. The number of ether oxygens (including phenoxy) is 2. The molecule has 2 heterocycles. The van der Waals surface area contributed by atoms with E-state index in [1.807, 2.05) is 51.1 Å². The zero-order valence-electron chi connectivity index (χ0n) is 17.8. The van der Waals surface area contributed by atoms with Crippen LogP contribution in [0.5, 0.6) is 0 Å². The Hall–Kier alpha value is -2.24. The van der Waals surface area contributed by atoms with E-state index in [1.165, 1.54) is 6.42 Å². The highest BCUT2D eigenvalue weighted by atomic mass is 16.6. The lowest BCUT2D eigenvalue weighted by atomic mass is 10.1. The van der Waals surface area contributed by atoms with Gasteiger partial charge < -0.3 is 19.3 Å². The molecule has 0 aliphatic carbocycles. The van der Waals surface area contributed by atoms with Crippen molar-refractivity contribution in [2.75, 3.05) is 13.1 Å². The molecule has 2 amide bonds. The maximum atomic E-state index is 12.4. The van der Waals surface area contributed by atoms with Crippen LogP contribution in [0.15, 0.2) is 30.3 Å². The van der Waals surface area contributed by atoms with Crippen LogP contribution >= 0.6 is 0 Å². The van der Waals surface area contributed by atoms with E-state index >= 15 is 0 Å². The molecule has 2 saturated heterocycles. The molecule has 3 rings (SSSR count). The van der Waals surface area contributed by atoms with Crippen LogP contribution in [-0.4, -0.2) is 52.8 Å². The van der Waals surface area contributed by atoms with Crippen molar-refractivity contribution in [3.63, 3.8) is 0 Å². The smallest absolute Gasteiger partial charge is 0.410 e. The van der Waals surface area contributed by atoms with Crippen molar-refractivity contribution in [3.8, 4) is 0 Å². The molecular formula is C22H34N2O4. The molecular weight excluding hydrogens is 356 g/mol. The Balaban J connectivity index is 0.000000878. The lowest BCUT2D eigenvalue weighted by Gasteiger charge is -2.28. The molecule has 1 aromatic carbocycles. The van der Waals surface area contributed by atoms with Crippen molar-refractivity contribution < 1.29 is 19.1 Å². The van der Waals surface area contributed by atoms with E-state index < -0.39 is 5.60 Å². The maximum Gasteiger partial charge on any atom is 0.410 e. The quantitative estimate of drug-likeness (QED) is 0.726. The Morgan fingerprint density at radius 2 is 1.46 bits per heavy atom. The molecule has 2 fully saturated rings. The number of fused-ring (bicyclic) bond motifs is 1. The number of carbonyl (C=O) groups is 2. The highest BCUT2D eigenvalue weighted by Crippen LogP contribution is 2.33. The molecule has 0 N–H and O–H groups in total. The van der Waals surface area contributed by atoms with Crippen LogP contribution in [0, 0.1) is 0 Å². The molecule has 2 aliphatic rings. The van der Waals surface area contributed by atoms with Gasteiger partial charge in [0, 0.05) is 13.1 Å². The summed E-state index contributed by atoms with van der Waals surface area (Å²) in [6.45, 7) is 11.3. The van der Waals surface area contributed by atoms with Gasteiger partial charge in [0.25, 0.3) is 0 Å². The van der Waals surface area contributed by atoms with E-state index in [2.05, 4.69) is 13.8 Å². The van der Waals surface area contributed by atoms with Crippen molar-refractivity contribution in [1.29, 1.82) is 0 Å². The minimum absolute atomic E-state index is 0.0239. The average molecular weight is 391 g/mol. The van der Waals surface area contributed by atoms with Crippen molar-refractivity contribution in [2.24, 2.45) is 0 Å². The first kappa shape index (κ1) is 22.1. The molecule has 0 bridgehead atoms. The van der Waals surface area contributed by atoms with E-state index in [9.17, 15) is 9.59 Å². The van der Waals surface area contributed by atoms with E-state index in [0.29, 0.717) is 13.1 Å². The summed E-state index contributed by atoms with van der Waals surface area (Å²) in [5.41, 5.74) is 0.454. The Bertz CT molecular complexity index is 642. The van der Waals surface area contributed by atoms with Crippen LogP contribution in [0.25, 0.3) is 0 Å². The van der Waals surface area contributed by atoms with Gasteiger partial charge in [0.15, 0.2) is 0 Å². The van der Waals surface area contributed by atoms with Crippen LogP contribution in [0.1, 0.15) is 59.4 Å². The fourth-order valence-electron chi connectivity index (χ4n) is 3.56. The summed E-state index contributed by atoms with van der Waals surface area (Å²) in [4.78, 5) is 28.3. The summed E-state index contributed by atoms with van der Waals surface area (Å²) in [7, 11) is 0. The Labute approximate surface area is 168 Å². The first-order chi connectivity index (χ1) is 13.3. The third-order valence-electron chi connectivity index (χ3n) is 4.64. The highest BCUT2D eigenvalue weighted by Gasteiger charge is 2.47. The normalized spacial score (nSPS) is 20.9. The molecule has 156 valence electrons. The summed E-state index contributed by atoms with van der Waals surface area (Å²) < 4.78 is 10.9. The first-order valence-electron chi connectivity index (χ1n) is 10.2. The molecule has 0 saturated carbocycles. The highest BCUT2D eigenvalue weighted by molar-refractivity contribution is 5.71. The number of carbonyl (C=O) groups excluding carboxylic acids is 2. The minimum Gasteiger partial charge on any atom is -0.445 e. The third kappa shape index (κ3) is 5.88. The van der Waals surface area contributed by atoms with Gasteiger partial charge >= 0.3 is 12.2 Å². The summed E-state index contributed by atoms with van der Waals surface area (Å²) in [5, 5.41) is 0. The Morgan fingerprint density at radius 3 is 1.96 bits per heavy atom. The summed E-state index contributed by atoms with van der Waals surface area (Å²) >= 11 is 0. The molecule has 28 heavy (non-hydrogen) atoms. The summed E-state index contributed by atoms with van der Waals surface area (Å²) in [5.74, 6) is 0. The molecule has 2 atom stereocenters. The molecule has 6 heteroatoms. The third-order valence-corrected chi connectivity index (χ3v) is 4.64. The second kappa shape index (κ2) is 9.80. The monoisotopic (exact) mass is 390 g/mol. The van der Waals surface area contributed by atoms with Gasteiger partial charge in [0.2, 0.25) is 0 Å². The summed E-state index contributed by atoms with van der Waals surface area (Å²) in [6, 6.07) is 9.69. The molecule has 6 nitrogen and oxygen atoms in total. The second-order valence-electron chi connectivity index (χ2n) is 8.33. The topological polar surface area (TPSA) is 59.1 Å². The second-order valence-corrected chi connectivity index (χ2v) is 8.33. The Morgan fingerprint density at radius 1 is 0.964 bits per heavy atom. The van der Waals surface area contributed by atoms with Crippen molar-refractivity contribution in [1.82, 2.24) is 9.80 Å². The number of likely N-dealkylation sites (tertiary alicyclic amines) is 2. The van der Waals surface area contributed by atoms with Crippen LogP contribution in [-0.2, 0) is 16.1 Å². The van der Waals surface area contributed by atoms with Crippen LogP contribution in [0.4, 0.5) is 9.59 Å². The predicted molar refractivity (Wildman–Crippen MR) is 109 cm³/mol. The van der Waals surface area contributed by atoms with E-state index in [-0.39, 0.29) is 30.9 Å². The fourth-order valence-corrected chi connectivity index (χ4v) is 3.56. The minimum atomic E-state index is -0.512. The van der Waals surface area contributed by atoms with Crippen molar-refractivity contribution >= 4 is 12.2 Å².